The van der Waals surface area contributed by atoms with Gasteiger partial charge in [-0.25, -0.2) is 12.8 Å². The average molecular weight is 371 g/mol. The number of hydrogen-bond acceptors (Lipinski definition) is 4. The zero-order chi connectivity index (χ0) is 17.4. The second-order valence-electron chi connectivity index (χ2n) is 5.75. The summed E-state index contributed by atoms with van der Waals surface area (Å²) in [5.41, 5.74) is -0.439. The molecule has 0 spiro atoms. The van der Waals surface area contributed by atoms with Crippen LogP contribution in [0, 0.1) is 5.82 Å². The molecule has 0 aliphatic carbocycles. The van der Waals surface area contributed by atoms with E-state index in [0.29, 0.717) is 5.56 Å². The molecule has 1 aromatic carbocycles. The van der Waals surface area contributed by atoms with E-state index in [1.807, 2.05) is 0 Å². The quantitative estimate of drug-likeness (QED) is 0.901. The standard InChI is InChI=1S/C16H16ClFN2O3S/c17-14-4-3-13(10-15(14)18)24(22,23)20-8-5-16(21,6-9-20)12-2-1-7-19-11-12/h1-4,7,10-11,21H,5-6,8-9H2. The highest BCUT2D eigenvalue weighted by Crippen LogP contribution is 2.34. The van der Waals surface area contributed by atoms with Crippen LogP contribution in [0.2, 0.25) is 5.02 Å². The third-order valence-corrected chi connectivity index (χ3v) is 6.48. The van der Waals surface area contributed by atoms with E-state index in [2.05, 4.69) is 4.98 Å². The molecule has 0 bridgehead atoms. The van der Waals surface area contributed by atoms with E-state index < -0.39 is 21.4 Å². The summed E-state index contributed by atoms with van der Waals surface area (Å²) in [5, 5.41) is 10.6. The van der Waals surface area contributed by atoms with Gasteiger partial charge in [-0.1, -0.05) is 17.7 Å². The fourth-order valence-corrected chi connectivity index (χ4v) is 4.38. The van der Waals surface area contributed by atoms with Crippen molar-refractivity contribution in [1.29, 1.82) is 0 Å². The fourth-order valence-electron chi connectivity index (χ4n) is 2.81. The van der Waals surface area contributed by atoms with Gasteiger partial charge in [-0.15, -0.1) is 0 Å². The summed E-state index contributed by atoms with van der Waals surface area (Å²) in [6, 6.07) is 6.92. The second-order valence-corrected chi connectivity index (χ2v) is 8.10. The smallest absolute Gasteiger partial charge is 0.243 e. The monoisotopic (exact) mass is 370 g/mol. The molecule has 24 heavy (non-hydrogen) atoms. The molecule has 5 nitrogen and oxygen atoms in total. The van der Waals surface area contributed by atoms with Crippen LogP contribution >= 0.6 is 11.6 Å². The molecule has 1 fully saturated rings. The number of hydrogen-bond donors (Lipinski definition) is 1. The van der Waals surface area contributed by atoms with Crippen molar-refractivity contribution in [3.63, 3.8) is 0 Å². The Labute approximate surface area is 144 Å². The van der Waals surface area contributed by atoms with Crippen molar-refractivity contribution in [1.82, 2.24) is 9.29 Å². The van der Waals surface area contributed by atoms with Crippen LogP contribution < -0.4 is 0 Å². The van der Waals surface area contributed by atoms with Crippen LogP contribution in [0.25, 0.3) is 0 Å². The Morgan fingerprint density at radius 2 is 1.96 bits per heavy atom. The SMILES string of the molecule is O=S(=O)(c1ccc(Cl)c(F)c1)N1CCC(O)(c2cccnc2)CC1. The van der Waals surface area contributed by atoms with Crippen molar-refractivity contribution in [3.8, 4) is 0 Å². The van der Waals surface area contributed by atoms with Gasteiger partial charge >= 0.3 is 0 Å². The first-order chi connectivity index (χ1) is 11.3. The van der Waals surface area contributed by atoms with E-state index in [0.717, 1.165) is 6.07 Å². The molecular formula is C16H16ClFN2O3S. The maximum Gasteiger partial charge on any atom is 0.243 e. The summed E-state index contributed by atoms with van der Waals surface area (Å²) in [4.78, 5) is 3.85. The molecule has 1 saturated heterocycles. The summed E-state index contributed by atoms with van der Waals surface area (Å²) in [7, 11) is -3.83. The van der Waals surface area contributed by atoms with Gasteiger partial charge in [0.25, 0.3) is 0 Å². The highest BCUT2D eigenvalue weighted by atomic mass is 35.5. The predicted molar refractivity (Wildman–Crippen MR) is 87.5 cm³/mol. The Hall–Kier alpha value is -1.54. The summed E-state index contributed by atoms with van der Waals surface area (Å²) >= 11 is 5.60. The first-order valence-corrected chi connectivity index (χ1v) is 9.23. The molecule has 1 aliphatic heterocycles. The minimum Gasteiger partial charge on any atom is -0.385 e. The van der Waals surface area contributed by atoms with Crippen LogP contribution in [-0.2, 0) is 15.6 Å². The van der Waals surface area contributed by atoms with E-state index >= 15 is 0 Å². The minimum absolute atomic E-state index is 0.126. The van der Waals surface area contributed by atoms with Gasteiger partial charge in [0.2, 0.25) is 10.0 Å². The number of nitrogens with zero attached hydrogens (tertiary/aromatic N) is 2. The molecule has 0 radical (unpaired) electrons. The predicted octanol–water partition coefficient (Wildman–Crippen LogP) is 2.55. The molecule has 1 aromatic heterocycles. The lowest BCUT2D eigenvalue weighted by atomic mass is 9.86. The number of halogens is 2. The number of piperidine rings is 1. The first-order valence-electron chi connectivity index (χ1n) is 7.41. The van der Waals surface area contributed by atoms with E-state index in [-0.39, 0.29) is 35.8 Å². The zero-order valence-corrected chi connectivity index (χ0v) is 14.3. The van der Waals surface area contributed by atoms with Gasteiger partial charge in [0.15, 0.2) is 0 Å². The van der Waals surface area contributed by atoms with Gasteiger partial charge in [0, 0.05) is 31.0 Å². The molecule has 0 unspecified atom stereocenters. The molecule has 0 saturated carbocycles. The van der Waals surface area contributed by atoms with Crippen LogP contribution in [-0.4, -0.2) is 35.9 Å². The van der Waals surface area contributed by atoms with Gasteiger partial charge in [0.1, 0.15) is 5.82 Å². The summed E-state index contributed by atoms with van der Waals surface area (Å²) in [6.45, 7) is 0.274. The highest BCUT2D eigenvalue weighted by Gasteiger charge is 2.38. The maximum atomic E-state index is 13.6. The van der Waals surface area contributed by atoms with Crippen molar-refractivity contribution >= 4 is 21.6 Å². The van der Waals surface area contributed by atoms with Crippen LogP contribution in [0.3, 0.4) is 0 Å². The van der Waals surface area contributed by atoms with Crippen LogP contribution in [0.5, 0.6) is 0 Å². The highest BCUT2D eigenvalue weighted by molar-refractivity contribution is 7.89. The van der Waals surface area contributed by atoms with E-state index in [1.54, 1.807) is 24.5 Å². The Balaban J connectivity index is 1.80. The number of benzene rings is 1. The summed E-state index contributed by atoms with van der Waals surface area (Å²) < 4.78 is 40.1. The van der Waals surface area contributed by atoms with Crippen LogP contribution in [0.4, 0.5) is 4.39 Å². The first kappa shape index (κ1) is 17.3. The number of rotatable bonds is 3. The topological polar surface area (TPSA) is 70.5 Å². The lowest BCUT2D eigenvalue weighted by Gasteiger charge is -2.37. The van der Waals surface area contributed by atoms with Gasteiger partial charge < -0.3 is 5.11 Å². The molecule has 128 valence electrons. The van der Waals surface area contributed by atoms with Crippen molar-refractivity contribution in [2.24, 2.45) is 0 Å². The lowest BCUT2D eigenvalue weighted by Crippen LogP contribution is -2.45. The largest absolute Gasteiger partial charge is 0.385 e. The average Bonchev–Trinajstić information content (AvgIpc) is 2.58. The minimum atomic E-state index is -3.83. The Kier molecular flexibility index (Phi) is 4.61. The van der Waals surface area contributed by atoms with Crippen LogP contribution in [0.1, 0.15) is 18.4 Å². The third kappa shape index (κ3) is 3.17. The molecular weight excluding hydrogens is 355 g/mol. The molecule has 2 aromatic rings. The lowest BCUT2D eigenvalue weighted by molar-refractivity contribution is -0.00989. The normalized spacial score (nSPS) is 18.5. The van der Waals surface area contributed by atoms with Gasteiger partial charge in [-0.2, -0.15) is 4.31 Å². The van der Waals surface area contributed by atoms with E-state index in [1.165, 1.54) is 16.4 Å². The second kappa shape index (κ2) is 6.40. The van der Waals surface area contributed by atoms with Gasteiger partial charge in [-0.05, 0) is 37.1 Å². The van der Waals surface area contributed by atoms with Crippen molar-refractivity contribution in [2.75, 3.05) is 13.1 Å². The number of sulfonamides is 1. The zero-order valence-electron chi connectivity index (χ0n) is 12.7. The van der Waals surface area contributed by atoms with E-state index in [9.17, 15) is 17.9 Å². The molecule has 3 rings (SSSR count). The van der Waals surface area contributed by atoms with Crippen LogP contribution in [0.15, 0.2) is 47.6 Å². The summed E-state index contributed by atoms with van der Waals surface area (Å²) in [6.07, 6.45) is 3.68. The number of pyridine rings is 1. The molecule has 0 atom stereocenters. The summed E-state index contributed by atoms with van der Waals surface area (Å²) in [5.74, 6) is -0.776. The Bertz CT molecular complexity index is 838. The van der Waals surface area contributed by atoms with Gasteiger partial charge in [-0.3, -0.25) is 4.98 Å². The molecule has 8 heteroatoms. The molecule has 1 aliphatic rings. The number of aliphatic hydroxyl groups is 1. The molecule has 2 heterocycles. The fraction of sp³-hybridized carbons (Fsp3) is 0.312. The Morgan fingerprint density at radius 3 is 2.54 bits per heavy atom. The van der Waals surface area contributed by atoms with Crippen molar-refractivity contribution in [3.05, 3.63) is 59.1 Å². The van der Waals surface area contributed by atoms with Crippen molar-refractivity contribution < 1.29 is 17.9 Å². The third-order valence-electron chi connectivity index (χ3n) is 4.28. The maximum absolute atomic E-state index is 13.6. The number of aromatic nitrogens is 1. The molecule has 1 N–H and O–H groups in total. The molecule has 0 amide bonds. The van der Waals surface area contributed by atoms with Gasteiger partial charge in [0.05, 0.1) is 15.5 Å². The van der Waals surface area contributed by atoms with Crippen molar-refractivity contribution in [2.45, 2.75) is 23.3 Å². The van der Waals surface area contributed by atoms with E-state index in [4.69, 9.17) is 11.6 Å². The Morgan fingerprint density at radius 1 is 1.25 bits per heavy atom.